The Labute approximate surface area is 154 Å². The van der Waals surface area contributed by atoms with E-state index in [0.29, 0.717) is 22.4 Å². The van der Waals surface area contributed by atoms with E-state index in [1.165, 1.54) is 40.3 Å². The van der Waals surface area contributed by atoms with E-state index in [1.54, 1.807) is 12.3 Å². The number of fused-ring (bicyclic) bond motifs is 1. The number of piperidine rings is 1. The van der Waals surface area contributed by atoms with Crippen LogP contribution in [0.25, 0.3) is 4.96 Å². The zero-order chi connectivity index (χ0) is 16.1. The number of aromatic nitrogens is 2. The Morgan fingerprint density at radius 1 is 1.54 bits per heavy atom. The quantitative estimate of drug-likeness (QED) is 0.784. The van der Waals surface area contributed by atoms with Gasteiger partial charge < -0.3 is 10.6 Å². The largest absolute Gasteiger partial charge is 0.355 e. The number of nitrogens with zero attached hydrogens (tertiary/aromatic N) is 2. The summed E-state index contributed by atoms with van der Waals surface area (Å²) in [6.07, 6.45) is 4.08. The highest BCUT2D eigenvalue weighted by molar-refractivity contribution is 7.99. The molecule has 1 fully saturated rings. The van der Waals surface area contributed by atoms with Gasteiger partial charge in [-0.1, -0.05) is 0 Å². The van der Waals surface area contributed by atoms with E-state index >= 15 is 0 Å². The average molecular weight is 389 g/mol. The molecule has 1 amide bonds. The molecule has 132 valence electrons. The summed E-state index contributed by atoms with van der Waals surface area (Å²) in [6.45, 7) is 2.82. The van der Waals surface area contributed by atoms with Crippen molar-refractivity contribution < 1.29 is 4.79 Å². The molecule has 9 heteroatoms. The normalized spacial score (nSPS) is 17.4. The smallest absolute Gasteiger partial charge is 0.258 e. The third-order valence-corrected chi connectivity index (χ3v) is 5.55. The number of rotatable bonds is 6. The molecule has 1 atom stereocenters. The van der Waals surface area contributed by atoms with E-state index in [1.807, 2.05) is 5.38 Å². The molecular weight excluding hydrogens is 368 g/mol. The van der Waals surface area contributed by atoms with Crippen LogP contribution in [0, 0.1) is 5.92 Å². The summed E-state index contributed by atoms with van der Waals surface area (Å²) in [7, 11) is 0. The summed E-state index contributed by atoms with van der Waals surface area (Å²) in [5, 5.41) is 8.18. The van der Waals surface area contributed by atoms with Gasteiger partial charge in [0.2, 0.25) is 5.91 Å². The van der Waals surface area contributed by atoms with Gasteiger partial charge in [0.05, 0.1) is 11.4 Å². The Kier molecular flexibility index (Phi) is 7.54. The molecule has 1 aliphatic rings. The monoisotopic (exact) mass is 388 g/mol. The minimum Gasteiger partial charge on any atom is -0.355 e. The van der Waals surface area contributed by atoms with Gasteiger partial charge in [0, 0.05) is 29.9 Å². The molecule has 1 saturated heterocycles. The predicted molar refractivity (Wildman–Crippen MR) is 101 cm³/mol. The van der Waals surface area contributed by atoms with Crippen molar-refractivity contribution in [1.29, 1.82) is 0 Å². The van der Waals surface area contributed by atoms with E-state index in [4.69, 9.17) is 0 Å². The lowest BCUT2D eigenvalue weighted by atomic mass is 10.00. The minimum atomic E-state index is -0.0684. The second kappa shape index (κ2) is 9.41. The Bertz CT molecular complexity index is 728. The molecule has 3 rings (SSSR count). The molecule has 6 nitrogen and oxygen atoms in total. The molecule has 0 saturated carbocycles. The second-order valence-electron chi connectivity index (χ2n) is 5.65. The van der Waals surface area contributed by atoms with Crippen molar-refractivity contribution in [2.45, 2.75) is 18.6 Å². The summed E-state index contributed by atoms with van der Waals surface area (Å²) in [5.41, 5.74) is 0.660. The summed E-state index contributed by atoms with van der Waals surface area (Å²) in [4.78, 5) is 28.9. The van der Waals surface area contributed by atoms with Crippen molar-refractivity contribution in [1.82, 2.24) is 20.0 Å². The fourth-order valence-electron chi connectivity index (χ4n) is 2.62. The Hall–Kier alpha value is -1.09. The number of nitrogens with one attached hydrogen (secondary N) is 2. The van der Waals surface area contributed by atoms with Crippen molar-refractivity contribution in [3.8, 4) is 0 Å². The maximum atomic E-state index is 11.9. The second-order valence-corrected chi connectivity index (χ2v) is 7.51. The molecule has 2 aromatic rings. The molecule has 2 N–H and O–H groups in total. The van der Waals surface area contributed by atoms with Crippen LogP contribution < -0.4 is 16.2 Å². The first kappa shape index (κ1) is 19.2. The van der Waals surface area contributed by atoms with Crippen LogP contribution in [0.3, 0.4) is 0 Å². The first-order valence-electron chi connectivity index (χ1n) is 7.73. The number of halogens is 1. The van der Waals surface area contributed by atoms with Gasteiger partial charge in [0.25, 0.3) is 5.56 Å². The predicted octanol–water partition coefficient (Wildman–Crippen LogP) is 1.53. The van der Waals surface area contributed by atoms with Crippen LogP contribution in [0.2, 0.25) is 0 Å². The molecule has 1 aliphatic heterocycles. The third kappa shape index (κ3) is 5.20. The van der Waals surface area contributed by atoms with Crippen LogP contribution in [0.5, 0.6) is 0 Å². The molecule has 0 spiro atoms. The highest BCUT2D eigenvalue weighted by atomic mass is 35.5. The number of thioether (sulfide) groups is 1. The molecule has 1 unspecified atom stereocenters. The summed E-state index contributed by atoms with van der Waals surface area (Å²) < 4.78 is 1.53. The van der Waals surface area contributed by atoms with E-state index in [0.717, 1.165) is 25.3 Å². The van der Waals surface area contributed by atoms with E-state index in [9.17, 15) is 9.59 Å². The number of thiazole rings is 1. The fourth-order valence-corrected chi connectivity index (χ4v) is 4.10. The average Bonchev–Trinajstić information content (AvgIpc) is 3.03. The van der Waals surface area contributed by atoms with Gasteiger partial charge in [-0.25, -0.2) is 4.98 Å². The van der Waals surface area contributed by atoms with Crippen molar-refractivity contribution in [2.24, 2.45) is 5.92 Å². The lowest BCUT2D eigenvalue weighted by molar-refractivity contribution is -0.118. The summed E-state index contributed by atoms with van der Waals surface area (Å²) >= 11 is 2.92. The zero-order valence-corrected chi connectivity index (χ0v) is 15.6. The molecule has 0 aromatic carbocycles. The standard InChI is InChI=1S/C15H20N4O2S2.ClH/c20-13(17-8-11-2-1-3-16-7-11)10-22-9-12-6-14(21)19-4-5-23-15(19)18-12;/h4-6,11,16H,1-3,7-10H2,(H,17,20);1H. The Morgan fingerprint density at radius 2 is 2.42 bits per heavy atom. The number of hydrogen-bond acceptors (Lipinski definition) is 6. The Morgan fingerprint density at radius 3 is 3.21 bits per heavy atom. The van der Waals surface area contributed by atoms with Crippen LogP contribution >= 0.6 is 35.5 Å². The number of amides is 1. The van der Waals surface area contributed by atoms with Gasteiger partial charge in [0.1, 0.15) is 0 Å². The maximum Gasteiger partial charge on any atom is 0.258 e. The first-order valence-corrected chi connectivity index (χ1v) is 9.77. The van der Waals surface area contributed by atoms with Crippen molar-refractivity contribution >= 4 is 46.4 Å². The number of hydrogen-bond donors (Lipinski definition) is 2. The van der Waals surface area contributed by atoms with E-state index < -0.39 is 0 Å². The van der Waals surface area contributed by atoms with Crippen LogP contribution in [0.4, 0.5) is 0 Å². The zero-order valence-electron chi connectivity index (χ0n) is 13.2. The number of carbonyl (C=O) groups is 1. The highest BCUT2D eigenvalue weighted by Gasteiger charge is 2.13. The molecular formula is C15H21ClN4O2S2. The lowest BCUT2D eigenvalue weighted by Gasteiger charge is -2.22. The fraction of sp³-hybridized carbons (Fsp3) is 0.533. The molecule has 2 aromatic heterocycles. The Balaban J connectivity index is 0.00000208. The van der Waals surface area contributed by atoms with Gasteiger partial charge in [0.15, 0.2) is 4.96 Å². The lowest BCUT2D eigenvalue weighted by Crippen LogP contribution is -2.38. The number of carbonyl (C=O) groups excluding carboxylic acids is 1. The van der Waals surface area contributed by atoms with E-state index in [2.05, 4.69) is 15.6 Å². The van der Waals surface area contributed by atoms with Gasteiger partial charge in [-0.15, -0.1) is 35.5 Å². The third-order valence-electron chi connectivity index (χ3n) is 3.83. The van der Waals surface area contributed by atoms with Crippen molar-refractivity contribution in [3.05, 3.63) is 33.7 Å². The molecule has 3 heterocycles. The van der Waals surface area contributed by atoms with Crippen LogP contribution in [0.15, 0.2) is 22.4 Å². The SMILES string of the molecule is Cl.O=C(CSCc1cc(=O)n2ccsc2n1)NCC1CCCNC1. The molecule has 0 bridgehead atoms. The summed E-state index contributed by atoms with van der Waals surface area (Å²) in [5.74, 6) is 1.56. The van der Waals surface area contributed by atoms with Gasteiger partial charge in [-0.3, -0.25) is 14.0 Å². The summed E-state index contributed by atoms with van der Waals surface area (Å²) in [6, 6.07) is 1.54. The maximum absolute atomic E-state index is 11.9. The molecule has 24 heavy (non-hydrogen) atoms. The van der Waals surface area contributed by atoms with Gasteiger partial charge in [-0.05, 0) is 31.8 Å². The molecule has 0 radical (unpaired) electrons. The minimum absolute atomic E-state index is 0. The van der Waals surface area contributed by atoms with Crippen molar-refractivity contribution in [2.75, 3.05) is 25.4 Å². The van der Waals surface area contributed by atoms with Gasteiger partial charge in [-0.2, -0.15) is 0 Å². The van der Waals surface area contributed by atoms with Gasteiger partial charge >= 0.3 is 0 Å². The van der Waals surface area contributed by atoms with Crippen molar-refractivity contribution in [3.63, 3.8) is 0 Å². The topological polar surface area (TPSA) is 75.5 Å². The van der Waals surface area contributed by atoms with Crippen LogP contribution in [-0.4, -0.2) is 40.7 Å². The van der Waals surface area contributed by atoms with E-state index in [-0.39, 0.29) is 23.9 Å². The highest BCUT2D eigenvalue weighted by Crippen LogP contribution is 2.12. The van der Waals surface area contributed by atoms with Crippen LogP contribution in [0.1, 0.15) is 18.5 Å². The van der Waals surface area contributed by atoms with Crippen LogP contribution in [-0.2, 0) is 10.5 Å². The first-order chi connectivity index (χ1) is 11.2. The molecule has 0 aliphatic carbocycles.